The standard InChI is InChI=1S/C16H12O5/c1-20-15-13(18)10-7-8-5-3-4-6-9(8)12(17)11(10)14(19)16(15)21-2/h3-7,17H,1-2H3. The quantitative estimate of drug-likeness (QED) is 0.916. The van der Waals surface area contributed by atoms with Gasteiger partial charge in [0.05, 0.1) is 19.8 Å². The molecule has 0 spiro atoms. The van der Waals surface area contributed by atoms with Crippen LogP contribution >= 0.6 is 0 Å². The van der Waals surface area contributed by atoms with Gasteiger partial charge < -0.3 is 14.6 Å². The Labute approximate surface area is 120 Å². The van der Waals surface area contributed by atoms with Crippen molar-refractivity contribution in [2.45, 2.75) is 0 Å². The molecule has 0 fully saturated rings. The third kappa shape index (κ3) is 1.71. The van der Waals surface area contributed by atoms with Crippen LogP contribution in [0.2, 0.25) is 0 Å². The van der Waals surface area contributed by atoms with E-state index in [1.165, 1.54) is 14.2 Å². The molecule has 2 aromatic carbocycles. The van der Waals surface area contributed by atoms with E-state index in [2.05, 4.69) is 0 Å². The lowest BCUT2D eigenvalue weighted by Gasteiger charge is -2.20. The molecule has 5 heteroatoms. The van der Waals surface area contributed by atoms with Gasteiger partial charge in [0, 0.05) is 10.9 Å². The van der Waals surface area contributed by atoms with Crippen molar-refractivity contribution >= 4 is 22.3 Å². The minimum atomic E-state index is -0.563. The van der Waals surface area contributed by atoms with Gasteiger partial charge in [0.1, 0.15) is 5.75 Å². The van der Waals surface area contributed by atoms with Gasteiger partial charge >= 0.3 is 0 Å². The first kappa shape index (κ1) is 13.2. The van der Waals surface area contributed by atoms with E-state index in [9.17, 15) is 14.7 Å². The summed E-state index contributed by atoms with van der Waals surface area (Å²) in [6.07, 6.45) is 0. The van der Waals surface area contributed by atoms with Crippen molar-refractivity contribution in [1.29, 1.82) is 0 Å². The molecular formula is C16H12O5. The van der Waals surface area contributed by atoms with Gasteiger partial charge in [0.25, 0.3) is 0 Å². The van der Waals surface area contributed by atoms with Crippen LogP contribution in [0.25, 0.3) is 10.8 Å². The van der Waals surface area contributed by atoms with Gasteiger partial charge in [-0.25, -0.2) is 0 Å². The van der Waals surface area contributed by atoms with Crippen LogP contribution in [0.4, 0.5) is 0 Å². The number of phenols is 1. The first-order valence-electron chi connectivity index (χ1n) is 6.26. The number of aromatic hydroxyl groups is 1. The number of rotatable bonds is 2. The van der Waals surface area contributed by atoms with Crippen molar-refractivity contribution in [3.63, 3.8) is 0 Å². The highest BCUT2D eigenvalue weighted by atomic mass is 16.5. The number of allylic oxidation sites excluding steroid dienone is 2. The maximum atomic E-state index is 12.5. The molecule has 0 bridgehead atoms. The molecule has 5 nitrogen and oxygen atoms in total. The summed E-state index contributed by atoms with van der Waals surface area (Å²) in [4.78, 5) is 24.9. The van der Waals surface area contributed by atoms with Crippen molar-refractivity contribution < 1.29 is 24.2 Å². The third-order valence-corrected chi connectivity index (χ3v) is 3.52. The molecule has 21 heavy (non-hydrogen) atoms. The zero-order valence-corrected chi connectivity index (χ0v) is 11.5. The molecule has 1 N–H and O–H groups in total. The predicted octanol–water partition coefficient (Wildman–Crippen LogP) is 2.43. The Kier molecular flexibility index (Phi) is 2.90. The van der Waals surface area contributed by atoms with Gasteiger partial charge in [-0.2, -0.15) is 0 Å². The second-order valence-corrected chi connectivity index (χ2v) is 4.59. The second kappa shape index (κ2) is 4.63. The number of phenolic OH excluding ortho intramolecular Hbond substituents is 1. The van der Waals surface area contributed by atoms with E-state index in [0.717, 1.165) is 0 Å². The molecule has 106 valence electrons. The fraction of sp³-hybridized carbons (Fsp3) is 0.125. The fourth-order valence-electron chi connectivity index (χ4n) is 2.55. The van der Waals surface area contributed by atoms with E-state index in [1.807, 2.05) is 0 Å². The molecule has 0 heterocycles. The van der Waals surface area contributed by atoms with Crippen molar-refractivity contribution in [2.24, 2.45) is 0 Å². The van der Waals surface area contributed by atoms with Gasteiger partial charge in [-0.3, -0.25) is 9.59 Å². The summed E-state index contributed by atoms with van der Waals surface area (Å²) in [6, 6.07) is 8.56. The first-order chi connectivity index (χ1) is 10.1. The van der Waals surface area contributed by atoms with Crippen LogP contribution in [0.1, 0.15) is 20.7 Å². The minimum absolute atomic E-state index is 0.0450. The molecule has 3 rings (SSSR count). The summed E-state index contributed by atoms with van der Waals surface area (Å²) < 4.78 is 9.96. The van der Waals surface area contributed by atoms with E-state index in [0.29, 0.717) is 10.8 Å². The van der Waals surface area contributed by atoms with Crippen molar-refractivity contribution in [3.8, 4) is 5.75 Å². The molecule has 0 aliphatic heterocycles. The van der Waals surface area contributed by atoms with Crippen LogP contribution in [0.5, 0.6) is 5.75 Å². The number of ketones is 2. The summed E-state index contributed by atoms with van der Waals surface area (Å²) >= 11 is 0. The third-order valence-electron chi connectivity index (χ3n) is 3.52. The monoisotopic (exact) mass is 284 g/mol. The zero-order valence-electron chi connectivity index (χ0n) is 11.5. The van der Waals surface area contributed by atoms with Crippen LogP contribution in [0, 0.1) is 0 Å². The van der Waals surface area contributed by atoms with Crippen molar-refractivity contribution in [1.82, 2.24) is 0 Å². The molecule has 1 aliphatic rings. The lowest BCUT2D eigenvalue weighted by atomic mass is 9.88. The Hall–Kier alpha value is -2.82. The molecule has 0 unspecified atom stereocenters. The topological polar surface area (TPSA) is 72.8 Å². The van der Waals surface area contributed by atoms with Crippen molar-refractivity contribution in [2.75, 3.05) is 14.2 Å². The lowest BCUT2D eigenvalue weighted by Crippen LogP contribution is -2.24. The molecule has 1 aliphatic carbocycles. The molecule has 0 amide bonds. The van der Waals surface area contributed by atoms with Crippen LogP contribution in [-0.2, 0) is 9.47 Å². The molecule has 0 radical (unpaired) electrons. The van der Waals surface area contributed by atoms with Crippen LogP contribution in [0.15, 0.2) is 41.9 Å². The Morgan fingerprint density at radius 2 is 1.57 bits per heavy atom. The molecule has 0 atom stereocenters. The fourth-order valence-corrected chi connectivity index (χ4v) is 2.55. The summed E-state index contributed by atoms with van der Waals surface area (Å²) in [5, 5.41) is 11.5. The molecule has 2 aromatic rings. The summed E-state index contributed by atoms with van der Waals surface area (Å²) in [6.45, 7) is 0. The highest BCUT2D eigenvalue weighted by Crippen LogP contribution is 2.37. The normalized spacial score (nSPS) is 14.4. The second-order valence-electron chi connectivity index (χ2n) is 4.59. The van der Waals surface area contributed by atoms with E-state index in [1.54, 1.807) is 30.3 Å². The van der Waals surface area contributed by atoms with Gasteiger partial charge in [0.2, 0.25) is 23.1 Å². The molecule has 0 saturated carbocycles. The van der Waals surface area contributed by atoms with E-state index >= 15 is 0 Å². The maximum Gasteiger partial charge on any atom is 0.236 e. The Morgan fingerprint density at radius 1 is 0.952 bits per heavy atom. The number of carbonyl (C=O) groups excluding carboxylic acids is 2. The van der Waals surface area contributed by atoms with Gasteiger partial charge in [-0.05, 0) is 11.5 Å². The van der Waals surface area contributed by atoms with E-state index in [-0.39, 0.29) is 28.4 Å². The number of ether oxygens (including phenoxy) is 2. The molecule has 0 aromatic heterocycles. The van der Waals surface area contributed by atoms with Crippen LogP contribution in [0.3, 0.4) is 0 Å². The minimum Gasteiger partial charge on any atom is -0.506 e. The Morgan fingerprint density at radius 3 is 2.24 bits per heavy atom. The summed E-state index contributed by atoms with van der Waals surface area (Å²) in [5.41, 5.74) is 0.0743. The van der Waals surface area contributed by atoms with Crippen molar-refractivity contribution in [3.05, 3.63) is 53.0 Å². The molecular weight excluding hydrogens is 272 g/mol. The van der Waals surface area contributed by atoms with Crippen LogP contribution in [-0.4, -0.2) is 30.9 Å². The zero-order chi connectivity index (χ0) is 15.1. The van der Waals surface area contributed by atoms with Crippen LogP contribution < -0.4 is 0 Å². The highest BCUT2D eigenvalue weighted by molar-refractivity contribution is 6.28. The van der Waals surface area contributed by atoms with Gasteiger partial charge in [-0.15, -0.1) is 0 Å². The summed E-state index contributed by atoms with van der Waals surface area (Å²) in [5.74, 6) is -1.60. The van der Waals surface area contributed by atoms with E-state index < -0.39 is 11.6 Å². The maximum absolute atomic E-state index is 12.5. The number of methoxy groups -OCH3 is 2. The Balaban J connectivity index is 2.39. The highest BCUT2D eigenvalue weighted by Gasteiger charge is 2.37. The Bertz CT molecular complexity index is 817. The molecule has 0 saturated heterocycles. The SMILES string of the molecule is COC1=C(OC)C(=O)c2c(cc3ccccc3c2O)C1=O. The average Bonchev–Trinajstić information content (AvgIpc) is 2.50. The first-order valence-corrected chi connectivity index (χ1v) is 6.26. The number of fused-ring (bicyclic) bond motifs is 2. The number of hydrogen-bond donors (Lipinski definition) is 1. The number of Topliss-reactive ketones (excluding diaryl/α,β-unsaturated/α-hetero) is 2. The average molecular weight is 284 g/mol. The summed E-state index contributed by atoms with van der Waals surface area (Å²) in [7, 11) is 2.58. The number of benzene rings is 2. The lowest BCUT2D eigenvalue weighted by molar-refractivity contribution is 0.0827. The number of carbonyl (C=O) groups is 2. The van der Waals surface area contributed by atoms with Gasteiger partial charge in [0.15, 0.2) is 0 Å². The smallest absolute Gasteiger partial charge is 0.236 e. The van der Waals surface area contributed by atoms with E-state index in [4.69, 9.17) is 9.47 Å². The predicted molar refractivity (Wildman–Crippen MR) is 75.3 cm³/mol. The largest absolute Gasteiger partial charge is 0.506 e. The number of hydrogen-bond acceptors (Lipinski definition) is 5. The van der Waals surface area contributed by atoms with Gasteiger partial charge in [-0.1, -0.05) is 24.3 Å².